The normalized spacial score (nSPS) is 10.2. The van der Waals surface area contributed by atoms with Crippen LogP contribution < -0.4 is 4.74 Å². The highest BCUT2D eigenvalue weighted by atomic mass is 79.9. The van der Waals surface area contributed by atoms with E-state index >= 15 is 0 Å². The highest BCUT2D eigenvalue weighted by molar-refractivity contribution is 9.10. The second kappa shape index (κ2) is 4.61. The van der Waals surface area contributed by atoms with Crippen LogP contribution in [0.15, 0.2) is 41.0 Å². The summed E-state index contributed by atoms with van der Waals surface area (Å²) in [7, 11) is 1.43. The number of hydrogen-bond donors (Lipinski definition) is 0. The topological polar surface area (TPSA) is 22.1 Å². The predicted molar refractivity (Wildman–Crippen MR) is 63.9 cm³/mol. The van der Waals surface area contributed by atoms with Gasteiger partial charge < -0.3 is 4.74 Å². The first-order valence-corrected chi connectivity index (χ1v) is 5.46. The van der Waals surface area contributed by atoms with Crippen LogP contribution in [0.4, 0.5) is 4.39 Å². The third-order valence-corrected chi connectivity index (χ3v) is 2.75. The number of nitrogens with zero attached hydrogens (tertiary/aromatic N) is 1. The molecule has 0 bridgehead atoms. The largest absolute Gasteiger partial charge is 0.491 e. The molecule has 0 N–H and O–H groups in total. The van der Waals surface area contributed by atoms with Crippen molar-refractivity contribution in [1.82, 2.24) is 4.98 Å². The zero-order valence-electron chi connectivity index (χ0n) is 8.58. The van der Waals surface area contributed by atoms with Gasteiger partial charge in [0.05, 0.1) is 7.11 Å². The van der Waals surface area contributed by atoms with E-state index < -0.39 is 5.95 Å². The van der Waals surface area contributed by atoms with Gasteiger partial charge in [0, 0.05) is 16.2 Å². The maximum atomic E-state index is 13.4. The van der Waals surface area contributed by atoms with E-state index in [9.17, 15) is 4.39 Å². The molecule has 1 aromatic carbocycles. The van der Waals surface area contributed by atoms with E-state index in [2.05, 4.69) is 20.9 Å². The van der Waals surface area contributed by atoms with Gasteiger partial charge in [0.2, 0.25) is 0 Å². The van der Waals surface area contributed by atoms with Gasteiger partial charge in [-0.25, -0.2) is 4.98 Å². The molecule has 2 aromatic rings. The number of halogens is 2. The minimum absolute atomic E-state index is 0.171. The predicted octanol–water partition coefficient (Wildman–Crippen LogP) is 3.66. The number of methoxy groups -OCH3 is 1. The van der Waals surface area contributed by atoms with E-state index in [1.807, 2.05) is 24.3 Å². The molecule has 0 saturated carbocycles. The maximum absolute atomic E-state index is 13.4. The van der Waals surface area contributed by atoms with E-state index in [-0.39, 0.29) is 5.75 Å². The fraction of sp³-hybridized carbons (Fsp3) is 0.0833. The van der Waals surface area contributed by atoms with E-state index in [1.54, 1.807) is 6.07 Å². The molecule has 1 heterocycles. The van der Waals surface area contributed by atoms with Gasteiger partial charge in [-0.3, -0.25) is 0 Å². The van der Waals surface area contributed by atoms with Crippen molar-refractivity contribution in [2.24, 2.45) is 0 Å². The first-order chi connectivity index (χ1) is 7.72. The van der Waals surface area contributed by atoms with E-state index in [0.717, 1.165) is 10.0 Å². The van der Waals surface area contributed by atoms with Crippen molar-refractivity contribution in [1.29, 1.82) is 0 Å². The molecule has 1 aromatic heterocycles. The summed E-state index contributed by atoms with van der Waals surface area (Å²) < 4.78 is 19.4. The zero-order valence-corrected chi connectivity index (χ0v) is 10.2. The Kier molecular flexibility index (Phi) is 3.19. The lowest BCUT2D eigenvalue weighted by molar-refractivity contribution is 0.379. The van der Waals surface area contributed by atoms with Crippen LogP contribution in [0.5, 0.6) is 5.75 Å². The van der Waals surface area contributed by atoms with Crippen LogP contribution in [0, 0.1) is 5.95 Å². The van der Waals surface area contributed by atoms with Gasteiger partial charge in [0.1, 0.15) is 0 Å². The Morgan fingerprint density at radius 3 is 2.50 bits per heavy atom. The Bertz CT molecular complexity index is 499. The molecule has 0 fully saturated rings. The Morgan fingerprint density at radius 1 is 1.19 bits per heavy atom. The van der Waals surface area contributed by atoms with Crippen LogP contribution in [0.1, 0.15) is 0 Å². The van der Waals surface area contributed by atoms with Crippen LogP contribution in [-0.4, -0.2) is 12.1 Å². The first kappa shape index (κ1) is 11.1. The van der Waals surface area contributed by atoms with Gasteiger partial charge in [-0.05, 0) is 23.8 Å². The van der Waals surface area contributed by atoms with Crippen LogP contribution in [0.3, 0.4) is 0 Å². The molecule has 4 heteroatoms. The lowest BCUT2D eigenvalue weighted by Gasteiger charge is -2.08. The molecular formula is C12H9BrFNO. The van der Waals surface area contributed by atoms with Crippen molar-refractivity contribution < 1.29 is 9.13 Å². The number of aromatic nitrogens is 1. The average molecular weight is 282 g/mol. The standard InChI is InChI=1S/C12H9BrFNO/c1-16-11-10(6-7-15-12(11)14)8-2-4-9(13)5-3-8/h2-7H,1H3. The summed E-state index contributed by atoms with van der Waals surface area (Å²) in [6, 6.07) is 9.30. The van der Waals surface area contributed by atoms with Crippen LogP contribution >= 0.6 is 15.9 Å². The molecule has 0 aliphatic carbocycles. The molecule has 0 aliphatic rings. The molecule has 2 rings (SSSR count). The van der Waals surface area contributed by atoms with E-state index in [1.165, 1.54) is 13.3 Å². The molecule has 2 nitrogen and oxygen atoms in total. The Morgan fingerprint density at radius 2 is 1.88 bits per heavy atom. The molecule has 82 valence electrons. The molecule has 0 atom stereocenters. The summed E-state index contributed by atoms with van der Waals surface area (Å²) >= 11 is 3.35. The minimum atomic E-state index is -0.595. The summed E-state index contributed by atoms with van der Waals surface area (Å²) in [5, 5.41) is 0. The summed E-state index contributed by atoms with van der Waals surface area (Å²) in [5.74, 6) is -0.423. The monoisotopic (exact) mass is 281 g/mol. The van der Waals surface area contributed by atoms with Gasteiger partial charge in [-0.1, -0.05) is 28.1 Å². The molecule has 0 radical (unpaired) electrons. The highest BCUT2D eigenvalue weighted by Crippen LogP contribution is 2.31. The van der Waals surface area contributed by atoms with Gasteiger partial charge >= 0.3 is 0 Å². The highest BCUT2D eigenvalue weighted by Gasteiger charge is 2.11. The summed E-state index contributed by atoms with van der Waals surface area (Å²) in [6.45, 7) is 0. The Hall–Kier alpha value is -1.42. The van der Waals surface area contributed by atoms with Crippen molar-refractivity contribution in [3.8, 4) is 16.9 Å². The molecular weight excluding hydrogens is 273 g/mol. The molecule has 16 heavy (non-hydrogen) atoms. The average Bonchev–Trinajstić information content (AvgIpc) is 2.30. The van der Waals surface area contributed by atoms with Gasteiger partial charge in [-0.2, -0.15) is 4.39 Å². The SMILES string of the molecule is COc1c(-c2ccc(Br)cc2)ccnc1F. The zero-order chi connectivity index (χ0) is 11.5. The molecule has 0 unspecified atom stereocenters. The second-order valence-electron chi connectivity index (χ2n) is 3.19. The summed E-state index contributed by atoms with van der Waals surface area (Å²) in [6.07, 6.45) is 1.43. The lowest BCUT2D eigenvalue weighted by atomic mass is 10.1. The number of hydrogen-bond acceptors (Lipinski definition) is 2. The lowest BCUT2D eigenvalue weighted by Crippen LogP contribution is -1.94. The van der Waals surface area contributed by atoms with Crippen molar-refractivity contribution in [2.75, 3.05) is 7.11 Å². The van der Waals surface area contributed by atoms with Crippen molar-refractivity contribution >= 4 is 15.9 Å². The van der Waals surface area contributed by atoms with Gasteiger partial charge in [0.25, 0.3) is 5.95 Å². The molecule has 0 aliphatic heterocycles. The fourth-order valence-corrected chi connectivity index (χ4v) is 1.74. The van der Waals surface area contributed by atoms with Crippen molar-refractivity contribution in [2.45, 2.75) is 0 Å². The number of benzene rings is 1. The van der Waals surface area contributed by atoms with Crippen LogP contribution in [-0.2, 0) is 0 Å². The summed E-state index contributed by atoms with van der Waals surface area (Å²) in [5.41, 5.74) is 1.59. The Balaban J connectivity index is 2.55. The van der Waals surface area contributed by atoms with Crippen LogP contribution in [0.25, 0.3) is 11.1 Å². The van der Waals surface area contributed by atoms with E-state index in [0.29, 0.717) is 5.56 Å². The minimum Gasteiger partial charge on any atom is -0.491 e. The van der Waals surface area contributed by atoms with Crippen molar-refractivity contribution in [3.05, 3.63) is 46.9 Å². The second-order valence-corrected chi connectivity index (χ2v) is 4.11. The maximum Gasteiger partial charge on any atom is 0.255 e. The molecule has 0 saturated heterocycles. The van der Waals surface area contributed by atoms with Gasteiger partial charge in [-0.15, -0.1) is 0 Å². The molecule has 0 spiro atoms. The van der Waals surface area contributed by atoms with Crippen LogP contribution in [0.2, 0.25) is 0 Å². The van der Waals surface area contributed by atoms with Gasteiger partial charge in [0.15, 0.2) is 5.75 Å². The molecule has 0 amide bonds. The van der Waals surface area contributed by atoms with Crippen molar-refractivity contribution in [3.63, 3.8) is 0 Å². The van der Waals surface area contributed by atoms with E-state index in [4.69, 9.17) is 4.74 Å². The third kappa shape index (κ3) is 2.07. The number of rotatable bonds is 2. The smallest absolute Gasteiger partial charge is 0.255 e. The first-order valence-electron chi connectivity index (χ1n) is 4.67. The Labute approximate surface area is 101 Å². The number of ether oxygens (including phenoxy) is 1. The quantitative estimate of drug-likeness (QED) is 0.784. The fourth-order valence-electron chi connectivity index (χ4n) is 1.47. The number of pyridine rings is 1. The summed E-state index contributed by atoms with van der Waals surface area (Å²) in [4.78, 5) is 3.55. The third-order valence-electron chi connectivity index (χ3n) is 2.22.